The fourth-order valence-corrected chi connectivity index (χ4v) is 1.43. The van der Waals surface area contributed by atoms with E-state index in [1.807, 2.05) is 0 Å². The molecule has 1 saturated heterocycles. The van der Waals surface area contributed by atoms with Crippen LogP contribution in [-0.2, 0) is 9.47 Å². The summed E-state index contributed by atoms with van der Waals surface area (Å²) in [5, 5.41) is 0. The van der Waals surface area contributed by atoms with Crippen LogP contribution in [0, 0.1) is 5.92 Å². The van der Waals surface area contributed by atoms with Crippen LogP contribution in [0.3, 0.4) is 0 Å². The van der Waals surface area contributed by atoms with E-state index in [2.05, 4.69) is 0 Å². The molecule has 2 atom stereocenters. The third-order valence-corrected chi connectivity index (χ3v) is 2.16. The number of methoxy groups -OCH3 is 1. The molecule has 0 saturated carbocycles. The van der Waals surface area contributed by atoms with Gasteiger partial charge in [0.2, 0.25) is 0 Å². The minimum absolute atomic E-state index is 0.153. The van der Waals surface area contributed by atoms with Gasteiger partial charge in [0, 0.05) is 19.8 Å². The van der Waals surface area contributed by atoms with E-state index in [-0.39, 0.29) is 6.04 Å². The Morgan fingerprint density at radius 1 is 1.73 bits per heavy atom. The Kier molecular flexibility index (Phi) is 3.83. The molecule has 11 heavy (non-hydrogen) atoms. The van der Waals surface area contributed by atoms with Gasteiger partial charge in [0.25, 0.3) is 0 Å². The lowest BCUT2D eigenvalue weighted by molar-refractivity contribution is 0.0305. The lowest BCUT2D eigenvalue weighted by Gasteiger charge is -2.26. The monoisotopic (exact) mass is 159 g/mol. The molecule has 3 nitrogen and oxygen atoms in total. The van der Waals surface area contributed by atoms with Gasteiger partial charge >= 0.3 is 0 Å². The number of hydrogen-bond donors (Lipinski definition) is 1. The normalized spacial score (nSPS) is 28.4. The summed E-state index contributed by atoms with van der Waals surface area (Å²) in [6.07, 6.45) is 2.33. The molecular formula is C8H17NO2. The van der Waals surface area contributed by atoms with E-state index in [0.29, 0.717) is 12.5 Å². The molecule has 0 aromatic heterocycles. The van der Waals surface area contributed by atoms with Gasteiger partial charge in [0.1, 0.15) is 0 Å². The first-order chi connectivity index (χ1) is 5.34. The van der Waals surface area contributed by atoms with Crippen LogP contribution in [0.5, 0.6) is 0 Å². The molecule has 0 bridgehead atoms. The third-order valence-electron chi connectivity index (χ3n) is 2.16. The van der Waals surface area contributed by atoms with Crippen molar-refractivity contribution in [3.63, 3.8) is 0 Å². The van der Waals surface area contributed by atoms with E-state index in [1.54, 1.807) is 7.11 Å². The van der Waals surface area contributed by atoms with Crippen LogP contribution in [0.15, 0.2) is 0 Å². The van der Waals surface area contributed by atoms with Crippen molar-refractivity contribution in [1.82, 2.24) is 0 Å². The summed E-state index contributed by atoms with van der Waals surface area (Å²) in [5.41, 5.74) is 5.85. The quantitative estimate of drug-likeness (QED) is 0.647. The van der Waals surface area contributed by atoms with Crippen LogP contribution in [0.4, 0.5) is 0 Å². The Hall–Kier alpha value is -0.120. The van der Waals surface area contributed by atoms with E-state index in [1.165, 1.54) is 6.42 Å². The van der Waals surface area contributed by atoms with E-state index < -0.39 is 0 Å². The summed E-state index contributed by atoms with van der Waals surface area (Å²) >= 11 is 0. The first kappa shape index (κ1) is 8.97. The molecule has 1 heterocycles. The fraction of sp³-hybridized carbons (Fsp3) is 1.00. The van der Waals surface area contributed by atoms with Gasteiger partial charge in [-0.15, -0.1) is 0 Å². The van der Waals surface area contributed by atoms with E-state index in [9.17, 15) is 0 Å². The van der Waals surface area contributed by atoms with Crippen molar-refractivity contribution >= 4 is 0 Å². The van der Waals surface area contributed by atoms with Crippen molar-refractivity contribution in [2.45, 2.75) is 18.9 Å². The average Bonchev–Trinajstić information content (AvgIpc) is 2.07. The maximum atomic E-state index is 5.85. The predicted octanol–water partition coefficient (Wildman–Crippen LogP) is 0.387. The fourth-order valence-electron chi connectivity index (χ4n) is 1.43. The second-order valence-electron chi connectivity index (χ2n) is 3.10. The van der Waals surface area contributed by atoms with Crippen molar-refractivity contribution in [2.24, 2.45) is 11.7 Å². The first-order valence-electron chi connectivity index (χ1n) is 4.17. The molecule has 2 N–H and O–H groups in total. The molecule has 0 amide bonds. The lowest BCUT2D eigenvalue weighted by Crippen LogP contribution is -2.38. The van der Waals surface area contributed by atoms with Gasteiger partial charge in [-0.2, -0.15) is 0 Å². The standard InChI is InChI=1S/C8H17NO2/c1-10-6-8(9)7-3-2-4-11-5-7/h7-8H,2-6,9H2,1H3/t7-,8-/m0/s1. The average molecular weight is 159 g/mol. The summed E-state index contributed by atoms with van der Waals surface area (Å²) in [4.78, 5) is 0. The van der Waals surface area contributed by atoms with Gasteiger partial charge in [0.05, 0.1) is 13.2 Å². The highest BCUT2D eigenvalue weighted by molar-refractivity contribution is 4.74. The summed E-state index contributed by atoms with van der Waals surface area (Å²) < 4.78 is 10.3. The minimum Gasteiger partial charge on any atom is -0.383 e. The first-order valence-corrected chi connectivity index (χ1v) is 4.17. The van der Waals surface area contributed by atoms with Crippen LogP contribution in [0.25, 0.3) is 0 Å². The Balaban J connectivity index is 2.21. The van der Waals surface area contributed by atoms with Crippen molar-refractivity contribution in [2.75, 3.05) is 26.9 Å². The molecule has 0 aliphatic carbocycles. The zero-order chi connectivity index (χ0) is 8.10. The van der Waals surface area contributed by atoms with E-state index >= 15 is 0 Å². The predicted molar refractivity (Wildman–Crippen MR) is 43.4 cm³/mol. The Labute approximate surface area is 67.9 Å². The number of hydrogen-bond acceptors (Lipinski definition) is 3. The van der Waals surface area contributed by atoms with Crippen molar-refractivity contribution < 1.29 is 9.47 Å². The van der Waals surface area contributed by atoms with Crippen molar-refractivity contribution in [3.8, 4) is 0 Å². The van der Waals surface area contributed by atoms with E-state index in [0.717, 1.165) is 19.6 Å². The maximum Gasteiger partial charge on any atom is 0.0617 e. The highest BCUT2D eigenvalue weighted by atomic mass is 16.5. The highest BCUT2D eigenvalue weighted by Gasteiger charge is 2.20. The largest absolute Gasteiger partial charge is 0.383 e. The molecule has 0 spiro atoms. The lowest BCUT2D eigenvalue weighted by atomic mass is 9.95. The maximum absolute atomic E-state index is 5.85. The summed E-state index contributed by atoms with van der Waals surface area (Å²) in [7, 11) is 1.68. The molecule has 0 aromatic rings. The van der Waals surface area contributed by atoms with Gasteiger partial charge in [-0.25, -0.2) is 0 Å². The molecule has 1 rings (SSSR count). The second-order valence-corrected chi connectivity index (χ2v) is 3.10. The topological polar surface area (TPSA) is 44.5 Å². The molecule has 1 aliphatic rings. The molecule has 1 fully saturated rings. The number of ether oxygens (including phenoxy) is 2. The van der Waals surface area contributed by atoms with Gasteiger partial charge in [-0.05, 0) is 18.8 Å². The summed E-state index contributed by atoms with van der Waals surface area (Å²) in [6, 6.07) is 0.153. The van der Waals surface area contributed by atoms with Crippen LogP contribution in [0.2, 0.25) is 0 Å². The molecule has 0 radical (unpaired) electrons. The molecule has 0 unspecified atom stereocenters. The van der Waals surface area contributed by atoms with Crippen LogP contribution < -0.4 is 5.73 Å². The SMILES string of the molecule is COC[C@H](N)[C@H]1CCCOC1. The summed E-state index contributed by atoms with van der Waals surface area (Å²) in [6.45, 7) is 2.36. The van der Waals surface area contributed by atoms with Crippen LogP contribution in [0.1, 0.15) is 12.8 Å². The van der Waals surface area contributed by atoms with Crippen LogP contribution >= 0.6 is 0 Å². The molecule has 0 aromatic carbocycles. The molecule has 1 aliphatic heterocycles. The Morgan fingerprint density at radius 3 is 3.09 bits per heavy atom. The van der Waals surface area contributed by atoms with Crippen molar-refractivity contribution in [1.29, 1.82) is 0 Å². The van der Waals surface area contributed by atoms with Crippen molar-refractivity contribution in [3.05, 3.63) is 0 Å². The van der Waals surface area contributed by atoms with Gasteiger partial charge in [0.15, 0.2) is 0 Å². The number of rotatable bonds is 3. The zero-order valence-corrected chi connectivity index (χ0v) is 7.08. The molecule has 66 valence electrons. The Bertz CT molecular complexity index is 102. The van der Waals surface area contributed by atoms with Gasteiger partial charge in [-0.1, -0.05) is 0 Å². The smallest absolute Gasteiger partial charge is 0.0617 e. The summed E-state index contributed by atoms with van der Waals surface area (Å²) in [5.74, 6) is 0.503. The van der Waals surface area contributed by atoms with E-state index in [4.69, 9.17) is 15.2 Å². The number of nitrogens with two attached hydrogens (primary N) is 1. The second kappa shape index (κ2) is 4.70. The minimum atomic E-state index is 0.153. The Morgan fingerprint density at radius 2 is 2.55 bits per heavy atom. The molecule has 3 heteroatoms. The highest BCUT2D eigenvalue weighted by Crippen LogP contribution is 2.15. The van der Waals surface area contributed by atoms with Gasteiger partial charge < -0.3 is 15.2 Å². The van der Waals surface area contributed by atoms with Crippen LogP contribution in [-0.4, -0.2) is 33.0 Å². The third kappa shape index (κ3) is 2.77. The van der Waals surface area contributed by atoms with Gasteiger partial charge in [-0.3, -0.25) is 0 Å². The molecular weight excluding hydrogens is 142 g/mol. The zero-order valence-electron chi connectivity index (χ0n) is 7.08.